The number of hydrogen-bond acceptors (Lipinski definition) is 6. The monoisotopic (exact) mass is 463 g/mol. The lowest BCUT2D eigenvalue weighted by molar-refractivity contribution is -0.132. The van der Waals surface area contributed by atoms with Gasteiger partial charge in [0.15, 0.2) is 0 Å². The highest BCUT2D eigenvalue weighted by atomic mass is 35.5. The molecule has 0 spiro atoms. The molecule has 4 aromatic rings. The van der Waals surface area contributed by atoms with Crippen molar-refractivity contribution in [2.24, 2.45) is 0 Å². The summed E-state index contributed by atoms with van der Waals surface area (Å²) in [4.78, 5) is 35.2. The van der Waals surface area contributed by atoms with Crippen LogP contribution in [0, 0.1) is 6.92 Å². The lowest BCUT2D eigenvalue weighted by atomic mass is 9.99. The van der Waals surface area contributed by atoms with Crippen molar-refractivity contribution in [2.75, 3.05) is 12.0 Å². The van der Waals surface area contributed by atoms with Crippen molar-refractivity contribution in [3.05, 3.63) is 82.3 Å². The first-order valence-electron chi connectivity index (χ1n) is 10.0. The molecule has 0 aliphatic carbocycles. The molecule has 5 rings (SSSR count). The number of rotatable bonds is 4. The topological polar surface area (TPSA) is 109 Å². The lowest BCUT2D eigenvalue weighted by Crippen LogP contribution is -2.30. The highest BCUT2D eigenvalue weighted by molar-refractivity contribution is 6.51. The van der Waals surface area contributed by atoms with Crippen LogP contribution < -0.4 is 9.64 Å². The summed E-state index contributed by atoms with van der Waals surface area (Å²) in [7, 11) is 1.43. The summed E-state index contributed by atoms with van der Waals surface area (Å²) >= 11 is 6.12. The molecule has 8 nitrogen and oxygen atoms in total. The van der Waals surface area contributed by atoms with E-state index in [2.05, 4.69) is 9.97 Å². The summed E-state index contributed by atoms with van der Waals surface area (Å²) in [6, 6.07) is 12.4. The number of aromatic amines is 1. The minimum absolute atomic E-state index is 0.160. The Labute approximate surface area is 193 Å². The van der Waals surface area contributed by atoms with Crippen LogP contribution in [-0.2, 0) is 9.59 Å². The number of aliphatic hydroxyl groups is 1. The largest absolute Gasteiger partial charge is 0.507 e. The number of halogens is 1. The van der Waals surface area contributed by atoms with Gasteiger partial charge in [-0.25, -0.2) is 4.98 Å². The Hall–Kier alpha value is -4.04. The Balaban J connectivity index is 1.74. The van der Waals surface area contributed by atoms with Crippen molar-refractivity contribution in [1.82, 2.24) is 9.97 Å². The second kappa shape index (κ2) is 7.83. The first kappa shape index (κ1) is 20.8. The SMILES string of the molecule is COc1ccc(Cl)cc1/C(O)=C1\C(=O)C(=O)N(c2nc3ccc(C)cc3[nH]2)C1c1ccco1. The van der Waals surface area contributed by atoms with E-state index in [4.69, 9.17) is 20.8 Å². The predicted molar refractivity (Wildman–Crippen MR) is 122 cm³/mol. The van der Waals surface area contributed by atoms with Crippen molar-refractivity contribution < 1.29 is 23.8 Å². The number of methoxy groups -OCH3 is 1. The number of imidazole rings is 1. The van der Waals surface area contributed by atoms with E-state index in [1.165, 1.54) is 24.3 Å². The van der Waals surface area contributed by atoms with Crippen LogP contribution in [0.3, 0.4) is 0 Å². The Morgan fingerprint density at radius 1 is 1.21 bits per heavy atom. The molecule has 1 saturated heterocycles. The average molecular weight is 464 g/mol. The summed E-state index contributed by atoms with van der Waals surface area (Å²) in [5, 5.41) is 11.6. The third-order valence-electron chi connectivity index (χ3n) is 5.53. The molecule has 2 N–H and O–H groups in total. The number of ether oxygens (including phenoxy) is 1. The summed E-state index contributed by atoms with van der Waals surface area (Å²) in [6.45, 7) is 1.94. The number of amides is 1. The third kappa shape index (κ3) is 3.35. The molecule has 1 atom stereocenters. The number of anilines is 1. The van der Waals surface area contributed by atoms with Crippen molar-refractivity contribution in [3.63, 3.8) is 0 Å². The standard InChI is InChI=1S/C24H18ClN3O5/c1-12-5-7-15-16(10-12)27-24(26-15)28-20(18-4-3-9-33-18)19(22(30)23(28)31)21(29)14-11-13(25)6-8-17(14)32-2/h3-11,20,29H,1-2H3,(H,26,27)/b21-19+. The molecule has 1 unspecified atom stereocenters. The maximum atomic E-state index is 13.2. The number of benzene rings is 2. The molecule has 1 amide bonds. The molecule has 1 fully saturated rings. The third-order valence-corrected chi connectivity index (χ3v) is 5.76. The van der Waals surface area contributed by atoms with E-state index < -0.39 is 23.5 Å². The van der Waals surface area contributed by atoms with E-state index in [1.54, 1.807) is 24.3 Å². The van der Waals surface area contributed by atoms with Crippen LogP contribution in [0.4, 0.5) is 5.95 Å². The van der Waals surface area contributed by atoms with Gasteiger partial charge in [-0.05, 0) is 55.0 Å². The minimum Gasteiger partial charge on any atom is -0.507 e. The van der Waals surface area contributed by atoms with E-state index in [9.17, 15) is 14.7 Å². The first-order valence-corrected chi connectivity index (χ1v) is 10.4. The van der Waals surface area contributed by atoms with E-state index in [1.807, 2.05) is 25.1 Å². The lowest BCUT2D eigenvalue weighted by Gasteiger charge is -2.21. The number of fused-ring (bicyclic) bond motifs is 1. The van der Waals surface area contributed by atoms with Gasteiger partial charge in [0.1, 0.15) is 23.3 Å². The quantitative estimate of drug-likeness (QED) is 0.257. The van der Waals surface area contributed by atoms with Gasteiger partial charge in [-0.1, -0.05) is 17.7 Å². The first-order chi connectivity index (χ1) is 15.9. The molecular formula is C24H18ClN3O5. The van der Waals surface area contributed by atoms with E-state index >= 15 is 0 Å². The van der Waals surface area contributed by atoms with Crippen molar-refractivity contribution in [1.29, 1.82) is 0 Å². The van der Waals surface area contributed by atoms with Gasteiger partial charge < -0.3 is 19.2 Å². The number of carbonyl (C=O) groups excluding carboxylic acids is 2. The Kier molecular flexibility index (Phi) is 4.94. The van der Waals surface area contributed by atoms with Crippen molar-refractivity contribution in [3.8, 4) is 5.75 Å². The number of aryl methyl sites for hydroxylation is 1. The van der Waals surface area contributed by atoms with Crippen LogP contribution >= 0.6 is 11.6 Å². The fourth-order valence-corrected chi connectivity index (χ4v) is 4.17. The molecule has 1 aliphatic heterocycles. The van der Waals surface area contributed by atoms with Gasteiger partial charge >= 0.3 is 5.91 Å². The van der Waals surface area contributed by atoms with Crippen molar-refractivity contribution >= 4 is 46.0 Å². The fourth-order valence-electron chi connectivity index (χ4n) is 4.00. The highest BCUT2D eigenvalue weighted by Gasteiger charge is 2.49. The zero-order chi connectivity index (χ0) is 23.3. The predicted octanol–water partition coefficient (Wildman–Crippen LogP) is 4.75. The van der Waals surface area contributed by atoms with Gasteiger partial charge in [-0.3, -0.25) is 14.5 Å². The Morgan fingerprint density at radius 3 is 2.76 bits per heavy atom. The normalized spacial score (nSPS) is 17.8. The Morgan fingerprint density at radius 2 is 2.03 bits per heavy atom. The molecule has 1 aliphatic rings. The molecule has 2 aromatic carbocycles. The summed E-state index contributed by atoms with van der Waals surface area (Å²) in [6.07, 6.45) is 1.43. The van der Waals surface area contributed by atoms with Crippen LogP contribution in [0.2, 0.25) is 5.02 Å². The number of ketones is 1. The molecule has 166 valence electrons. The van der Waals surface area contributed by atoms with Crippen LogP contribution in [0.25, 0.3) is 16.8 Å². The number of nitrogens with zero attached hydrogens (tertiary/aromatic N) is 2. The van der Waals surface area contributed by atoms with Gasteiger partial charge in [0, 0.05) is 5.02 Å². The van der Waals surface area contributed by atoms with Gasteiger partial charge in [0.2, 0.25) is 5.95 Å². The Bertz CT molecular complexity index is 1440. The fraction of sp³-hybridized carbons (Fsp3) is 0.125. The van der Waals surface area contributed by atoms with Crippen LogP contribution in [0.5, 0.6) is 5.75 Å². The molecule has 33 heavy (non-hydrogen) atoms. The zero-order valence-corrected chi connectivity index (χ0v) is 18.4. The number of Topliss-reactive ketones (excluding diaryl/α,β-unsaturated/α-hetero) is 1. The number of H-pyrrole nitrogens is 1. The molecule has 3 heterocycles. The summed E-state index contributed by atoms with van der Waals surface area (Å²) in [5.74, 6) is -1.42. The second-order valence-corrected chi connectivity index (χ2v) is 8.05. The zero-order valence-electron chi connectivity index (χ0n) is 17.6. The summed E-state index contributed by atoms with van der Waals surface area (Å²) < 4.78 is 10.9. The molecule has 9 heteroatoms. The van der Waals surface area contributed by atoms with E-state index in [-0.39, 0.29) is 22.8 Å². The maximum absolute atomic E-state index is 13.2. The number of nitrogens with one attached hydrogen (secondary N) is 1. The molecule has 0 radical (unpaired) electrons. The molecule has 0 saturated carbocycles. The maximum Gasteiger partial charge on any atom is 0.302 e. The minimum atomic E-state index is -1.05. The number of carbonyl (C=O) groups is 2. The van der Waals surface area contributed by atoms with Crippen LogP contribution in [0.1, 0.15) is 22.9 Å². The molecule has 0 bridgehead atoms. The highest BCUT2D eigenvalue weighted by Crippen LogP contribution is 2.43. The number of furan rings is 1. The number of hydrogen-bond donors (Lipinski definition) is 2. The van der Waals surface area contributed by atoms with Crippen LogP contribution in [-0.4, -0.2) is 33.9 Å². The van der Waals surface area contributed by atoms with E-state index in [0.29, 0.717) is 21.8 Å². The van der Waals surface area contributed by atoms with Crippen LogP contribution in [0.15, 0.2) is 64.8 Å². The molecular weight excluding hydrogens is 446 g/mol. The number of aliphatic hydroxyl groups excluding tert-OH is 1. The van der Waals surface area contributed by atoms with Gasteiger partial charge in [0.25, 0.3) is 5.78 Å². The summed E-state index contributed by atoms with van der Waals surface area (Å²) in [5.41, 5.74) is 2.37. The smallest absolute Gasteiger partial charge is 0.302 e. The van der Waals surface area contributed by atoms with Gasteiger partial charge in [-0.2, -0.15) is 0 Å². The molecule has 2 aromatic heterocycles. The number of aromatic nitrogens is 2. The van der Waals surface area contributed by atoms with E-state index in [0.717, 1.165) is 5.56 Å². The van der Waals surface area contributed by atoms with Crippen molar-refractivity contribution in [2.45, 2.75) is 13.0 Å². The van der Waals surface area contributed by atoms with Gasteiger partial charge in [-0.15, -0.1) is 0 Å². The van der Waals surface area contributed by atoms with Gasteiger partial charge in [0.05, 0.1) is 35.5 Å². The second-order valence-electron chi connectivity index (χ2n) is 7.61. The average Bonchev–Trinajstić information content (AvgIpc) is 3.52.